The summed E-state index contributed by atoms with van der Waals surface area (Å²) in [6.07, 6.45) is 1.45. The number of sulfonamides is 1. The van der Waals surface area contributed by atoms with Crippen molar-refractivity contribution in [3.8, 4) is 0 Å². The van der Waals surface area contributed by atoms with Crippen molar-refractivity contribution in [2.45, 2.75) is 31.1 Å². The molecular weight excluding hydrogens is 266 g/mol. The summed E-state index contributed by atoms with van der Waals surface area (Å²) in [6, 6.07) is 6.37. The standard InChI is InChI=1S/C13H15NO4S/c1-9-3-6-11(7-4-9)19(16,17)14-13-12(15)8-5-10(2)18-13/h3-8,10,13-14H,1-2H3/t10-,13+/m0/s1. The van der Waals surface area contributed by atoms with Crippen molar-refractivity contribution in [3.63, 3.8) is 0 Å². The van der Waals surface area contributed by atoms with Gasteiger partial charge in [-0.05, 0) is 32.1 Å². The summed E-state index contributed by atoms with van der Waals surface area (Å²) in [5.74, 6) is -0.409. The lowest BCUT2D eigenvalue weighted by atomic mass is 10.2. The lowest BCUT2D eigenvalue weighted by Crippen LogP contribution is -2.45. The molecule has 0 saturated carbocycles. The van der Waals surface area contributed by atoms with Crippen LogP contribution >= 0.6 is 0 Å². The highest BCUT2D eigenvalue weighted by Gasteiger charge is 2.28. The van der Waals surface area contributed by atoms with Gasteiger partial charge in [-0.1, -0.05) is 23.8 Å². The predicted octanol–water partition coefficient (Wildman–Crippen LogP) is 1.14. The molecule has 0 aliphatic carbocycles. The fourth-order valence-corrected chi connectivity index (χ4v) is 2.74. The molecule has 0 radical (unpaired) electrons. The Balaban J connectivity index is 2.20. The van der Waals surface area contributed by atoms with Crippen LogP contribution in [-0.4, -0.2) is 26.5 Å². The number of rotatable bonds is 3. The van der Waals surface area contributed by atoms with Crippen molar-refractivity contribution in [1.82, 2.24) is 4.72 Å². The first kappa shape index (κ1) is 13.9. The molecule has 2 atom stereocenters. The van der Waals surface area contributed by atoms with Crippen molar-refractivity contribution in [2.75, 3.05) is 0 Å². The zero-order chi connectivity index (χ0) is 14.0. The molecule has 1 heterocycles. The first-order valence-corrected chi connectivity index (χ1v) is 7.33. The largest absolute Gasteiger partial charge is 0.348 e. The molecule has 0 unspecified atom stereocenters. The van der Waals surface area contributed by atoms with E-state index in [1.54, 1.807) is 25.1 Å². The molecule has 6 heteroatoms. The molecule has 5 nitrogen and oxygen atoms in total. The quantitative estimate of drug-likeness (QED) is 0.902. The van der Waals surface area contributed by atoms with Crippen LogP contribution in [0.15, 0.2) is 41.3 Å². The number of carbonyl (C=O) groups is 1. The fourth-order valence-electron chi connectivity index (χ4n) is 1.66. The van der Waals surface area contributed by atoms with Gasteiger partial charge in [-0.25, -0.2) is 8.42 Å². The number of ketones is 1. The van der Waals surface area contributed by atoms with Crippen molar-refractivity contribution in [3.05, 3.63) is 42.0 Å². The van der Waals surface area contributed by atoms with Gasteiger partial charge in [0.25, 0.3) is 0 Å². The van der Waals surface area contributed by atoms with Crippen molar-refractivity contribution in [1.29, 1.82) is 0 Å². The summed E-state index contributed by atoms with van der Waals surface area (Å²) in [7, 11) is -3.76. The summed E-state index contributed by atoms with van der Waals surface area (Å²) in [6.45, 7) is 3.60. The van der Waals surface area contributed by atoms with Crippen LogP contribution in [0.2, 0.25) is 0 Å². The molecule has 1 N–H and O–H groups in total. The van der Waals surface area contributed by atoms with E-state index < -0.39 is 22.0 Å². The third-order valence-electron chi connectivity index (χ3n) is 2.73. The van der Waals surface area contributed by atoms with Crippen LogP contribution in [-0.2, 0) is 19.6 Å². The number of hydrogen-bond donors (Lipinski definition) is 1. The van der Waals surface area contributed by atoms with Gasteiger partial charge in [0.1, 0.15) is 0 Å². The molecule has 1 aromatic carbocycles. The summed E-state index contributed by atoms with van der Waals surface area (Å²) in [5.41, 5.74) is 0.959. The molecule has 0 amide bonds. The molecule has 1 aromatic rings. The molecule has 0 bridgehead atoms. The average Bonchev–Trinajstić information content (AvgIpc) is 2.34. The number of ether oxygens (including phenoxy) is 1. The maximum absolute atomic E-state index is 12.1. The minimum Gasteiger partial charge on any atom is -0.348 e. The second-order valence-electron chi connectivity index (χ2n) is 4.42. The lowest BCUT2D eigenvalue weighted by Gasteiger charge is -2.23. The minimum absolute atomic E-state index is 0.108. The smallest absolute Gasteiger partial charge is 0.243 e. The van der Waals surface area contributed by atoms with E-state index in [2.05, 4.69) is 4.72 Å². The summed E-state index contributed by atoms with van der Waals surface area (Å²) >= 11 is 0. The number of aryl methyl sites for hydroxylation is 1. The second kappa shape index (κ2) is 5.24. The predicted molar refractivity (Wildman–Crippen MR) is 70.0 cm³/mol. The van der Waals surface area contributed by atoms with Gasteiger partial charge < -0.3 is 4.74 Å². The van der Waals surface area contributed by atoms with E-state index in [0.717, 1.165) is 5.56 Å². The monoisotopic (exact) mass is 281 g/mol. The lowest BCUT2D eigenvalue weighted by molar-refractivity contribution is -0.130. The van der Waals surface area contributed by atoms with Gasteiger partial charge in [0, 0.05) is 0 Å². The maximum atomic E-state index is 12.1. The van der Waals surface area contributed by atoms with Crippen LogP contribution in [0.4, 0.5) is 0 Å². The minimum atomic E-state index is -3.76. The van der Waals surface area contributed by atoms with E-state index >= 15 is 0 Å². The van der Waals surface area contributed by atoms with Crippen LogP contribution in [0.1, 0.15) is 12.5 Å². The van der Waals surface area contributed by atoms with Gasteiger partial charge in [0.15, 0.2) is 12.0 Å². The summed E-state index contributed by atoms with van der Waals surface area (Å²) < 4.78 is 31.7. The Hall–Kier alpha value is -1.50. The number of hydrogen-bond acceptors (Lipinski definition) is 4. The van der Waals surface area contributed by atoms with Crippen LogP contribution in [0.3, 0.4) is 0 Å². The Labute approximate surface area is 112 Å². The average molecular weight is 281 g/mol. The highest BCUT2D eigenvalue weighted by molar-refractivity contribution is 7.89. The van der Waals surface area contributed by atoms with Crippen LogP contribution in [0, 0.1) is 6.92 Å². The van der Waals surface area contributed by atoms with E-state index in [1.807, 2.05) is 6.92 Å². The highest BCUT2D eigenvalue weighted by atomic mass is 32.2. The van der Waals surface area contributed by atoms with Crippen molar-refractivity contribution in [2.24, 2.45) is 0 Å². The SMILES string of the molecule is Cc1ccc(S(=O)(=O)N[C@@H]2O[C@@H](C)C=CC2=O)cc1. The molecular formula is C13H15NO4S. The van der Waals surface area contributed by atoms with Gasteiger partial charge in [0.2, 0.25) is 10.0 Å². The highest BCUT2D eigenvalue weighted by Crippen LogP contribution is 2.13. The molecule has 19 heavy (non-hydrogen) atoms. The third-order valence-corrected chi connectivity index (χ3v) is 4.15. The maximum Gasteiger partial charge on any atom is 0.243 e. The van der Waals surface area contributed by atoms with E-state index in [4.69, 9.17) is 4.74 Å². The third kappa shape index (κ3) is 3.28. The molecule has 102 valence electrons. The van der Waals surface area contributed by atoms with Gasteiger partial charge in [0.05, 0.1) is 11.0 Å². The zero-order valence-electron chi connectivity index (χ0n) is 10.7. The topological polar surface area (TPSA) is 72.5 Å². The Morgan fingerprint density at radius 3 is 2.47 bits per heavy atom. The molecule has 2 rings (SSSR count). The molecule has 0 fully saturated rings. The number of nitrogens with one attached hydrogen (secondary N) is 1. The van der Waals surface area contributed by atoms with Crippen molar-refractivity contribution < 1.29 is 17.9 Å². The zero-order valence-corrected chi connectivity index (χ0v) is 11.5. The Morgan fingerprint density at radius 1 is 1.21 bits per heavy atom. The van der Waals surface area contributed by atoms with E-state index in [1.165, 1.54) is 18.2 Å². The second-order valence-corrected chi connectivity index (χ2v) is 6.13. The molecule has 0 spiro atoms. The van der Waals surface area contributed by atoms with Crippen LogP contribution in [0.5, 0.6) is 0 Å². The first-order valence-electron chi connectivity index (χ1n) is 5.85. The summed E-state index contributed by atoms with van der Waals surface area (Å²) in [4.78, 5) is 11.7. The number of benzene rings is 1. The van der Waals surface area contributed by atoms with Gasteiger partial charge in [-0.15, -0.1) is 0 Å². The van der Waals surface area contributed by atoms with E-state index in [-0.39, 0.29) is 11.0 Å². The molecule has 0 aromatic heterocycles. The Bertz CT molecular complexity index is 604. The van der Waals surface area contributed by atoms with Gasteiger partial charge >= 0.3 is 0 Å². The molecule has 1 aliphatic heterocycles. The van der Waals surface area contributed by atoms with Crippen molar-refractivity contribution >= 4 is 15.8 Å². The van der Waals surface area contributed by atoms with E-state index in [9.17, 15) is 13.2 Å². The first-order chi connectivity index (χ1) is 8.88. The number of carbonyl (C=O) groups excluding carboxylic acids is 1. The summed E-state index contributed by atoms with van der Waals surface area (Å²) in [5, 5.41) is 0. The van der Waals surface area contributed by atoms with Crippen LogP contribution < -0.4 is 4.72 Å². The molecule has 1 aliphatic rings. The Kier molecular flexibility index (Phi) is 3.84. The van der Waals surface area contributed by atoms with Gasteiger partial charge in [-0.2, -0.15) is 4.72 Å². The normalized spacial score (nSPS) is 23.6. The molecule has 0 saturated heterocycles. The fraction of sp³-hybridized carbons (Fsp3) is 0.308. The van der Waals surface area contributed by atoms with Gasteiger partial charge in [-0.3, -0.25) is 4.79 Å². The Morgan fingerprint density at radius 2 is 1.84 bits per heavy atom. The van der Waals surface area contributed by atoms with E-state index in [0.29, 0.717) is 0 Å². The van der Waals surface area contributed by atoms with Crippen LogP contribution in [0.25, 0.3) is 0 Å².